The molecule has 0 fully saturated rings. The third-order valence-corrected chi connectivity index (χ3v) is 4.39. The first kappa shape index (κ1) is 15.6. The molecule has 102 valence electrons. The number of nitrogens with one attached hydrogen (secondary N) is 1. The van der Waals surface area contributed by atoms with Crippen LogP contribution in [-0.4, -0.2) is 18.3 Å². The van der Waals surface area contributed by atoms with Crippen molar-refractivity contribution in [2.24, 2.45) is 0 Å². The van der Waals surface area contributed by atoms with Crippen molar-refractivity contribution in [1.29, 1.82) is 0 Å². The molecule has 0 aliphatic carbocycles. The van der Waals surface area contributed by atoms with Gasteiger partial charge in [-0.25, -0.2) is 0 Å². The lowest BCUT2D eigenvalue weighted by atomic mass is 10.1. The highest BCUT2D eigenvalue weighted by Crippen LogP contribution is 2.23. The third-order valence-electron chi connectivity index (χ3n) is 3.13. The topological polar surface area (TPSA) is 12.0 Å². The van der Waals surface area contributed by atoms with Crippen LogP contribution in [0, 0.1) is 6.92 Å². The highest BCUT2D eigenvalue weighted by molar-refractivity contribution is 7.99. The number of aryl methyl sites for hydroxylation is 1. The predicted octanol–water partition coefficient (Wildman–Crippen LogP) is 4.65. The Kier molecular flexibility index (Phi) is 8.19. The molecule has 1 rings (SSSR count). The number of thioether (sulfide) groups is 1. The second-order valence-electron chi connectivity index (χ2n) is 4.96. The zero-order chi connectivity index (χ0) is 13.2. The van der Waals surface area contributed by atoms with E-state index in [-0.39, 0.29) is 0 Å². The van der Waals surface area contributed by atoms with Crippen LogP contribution in [0.4, 0.5) is 0 Å². The normalized spacial score (nSPS) is 12.6. The third kappa shape index (κ3) is 6.46. The zero-order valence-corrected chi connectivity index (χ0v) is 12.9. The summed E-state index contributed by atoms with van der Waals surface area (Å²) in [7, 11) is 0. The highest BCUT2D eigenvalue weighted by Gasteiger charge is 2.01. The van der Waals surface area contributed by atoms with Gasteiger partial charge in [-0.15, -0.1) is 11.8 Å². The Morgan fingerprint density at radius 2 is 2.00 bits per heavy atom. The van der Waals surface area contributed by atoms with Crippen molar-refractivity contribution in [2.45, 2.75) is 57.4 Å². The predicted molar refractivity (Wildman–Crippen MR) is 83.5 cm³/mol. The van der Waals surface area contributed by atoms with Crippen molar-refractivity contribution < 1.29 is 0 Å². The minimum absolute atomic E-state index is 0.674. The summed E-state index contributed by atoms with van der Waals surface area (Å²) >= 11 is 2.00. The van der Waals surface area contributed by atoms with Gasteiger partial charge in [-0.2, -0.15) is 0 Å². The maximum atomic E-state index is 3.54. The zero-order valence-electron chi connectivity index (χ0n) is 12.0. The summed E-state index contributed by atoms with van der Waals surface area (Å²) in [5.41, 5.74) is 1.40. The summed E-state index contributed by atoms with van der Waals surface area (Å²) in [6.07, 6.45) is 5.18. The number of benzene rings is 1. The molecule has 1 nitrogen and oxygen atoms in total. The van der Waals surface area contributed by atoms with E-state index in [1.165, 1.54) is 41.9 Å². The summed E-state index contributed by atoms with van der Waals surface area (Å²) in [6, 6.07) is 9.34. The van der Waals surface area contributed by atoms with Gasteiger partial charge in [-0.3, -0.25) is 0 Å². The first-order valence-electron chi connectivity index (χ1n) is 7.16. The monoisotopic (exact) mass is 265 g/mol. The quantitative estimate of drug-likeness (QED) is 0.515. The molecule has 0 saturated carbocycles. The summed E-state index contributed by atoms with van der Waals surface area (Å²) < 4.78 is 0. The largest absolute Gasteiger partial charge is 0.314 e. The van der Waals surface area contributed by atoms with E-state index in [2.05, 4.69) is 50.4 Å². The Morgan fingerprint density at radius 3 is 2.72 bits per heavy atom. The molecular weight excluding hydrogens is 238 g/mol. The molecule has 0 radical (unpaired) electrons. The molecule has 1 aromatic carbocycles. The Balaban J connectivity index is 2.07. The molecule has 0 bridgehead atoms. The van der Waals surface area contributed by atoms with Crippen molar-refractivity contribution in [3.8, 4) is 0 Å². The fraction of sp³-hybridized carbons (Fsp3) is 0.625. The van der Waals surface area contributed by atoms with E-state index in [0.717, 1.165) is 6.54 Å². The van der Waals surface area contributed by atoms with Gasteiger partial charge in [0.15, 0.2) is 0 Å². The molecule has 0 saturated heterocycles. The second-order valence-corrected chi connectivity index (χ2v) is 6.10. The van der Waals surface area contributed by atoms with E-state index in [1.807, 2.05) is 11.8 Å². The number of rotatable bonds is 9. The SMILES string of the molecule is CCCNC(C)CCCCSc1ccccc1C. The van der Waals surface area contributed by atoms with Gasteiger partial charge in [0.05, 0.1) is 0 Å². The van der Waals surface area contributed by atoms with E-state index < -0.39 is 0 Å². The maximum absolute atomic E-state index is 3.54. The van der Waals surface area contributed by atoms with Crippen LogP contribution in [0.5, 0.6) is 0 Å². The average molecular weight is 265 g/mol. The highest BCUT2D eigenvalue weighted by atomic mass is 32.2. The lowest BCUT2D eigenvalue weighted by molar-refractivity contribution is 0.496. The van der Waals surface area contributed by atoms with Crippen LogP contribution < -0.4 is 5.32 Å². The Hall–Kier alpha value is -0.470. The fourth-order valence-electron chi connectivity index (χ4n) is 1.95. The van der Waals surface area contributed by atoms with Gasteiger partial charge >= 0.3 is 0 Å². The van der Waals surface area contributed by atoms with Crippen molar-refractivity contribution in [1.82, 2.24) is 5.32 Å². The molecule has 1 atom stereocenters. The van der Waals surface area contributed by atoms with Crippen LogP contribution in [-0.2, 0) is 0 Å². The summed E-state index contributed by atoms with van der Waals surface area (Å²) in [4.78, 5) is 1.44. The van der Waals surface area contributed by atoms with Gasteiger partial charge in [0, 0.05) is 10.9 Å². The molecule has 0 aliphatic rings. The van der Waals surface area contributed by atoms with E-state index in [9.17, 15) is 0 Å². The molecule has 1 aromatic rings. The van der Waals surface area contributed by atoms with Crippen LogP contribution in [0.25, 0.3) is 0 Å². The minimum atomic E-state index is 0.674. The lowest BCUT2D eigenvalue weighted by Crippen LogP contribution is -2.26. The molecule has 2 heteroatoms. The van der Waals surface area contributed by atoms with Gasteiger partial charge in [0.1, 0.15) is 0 Å². The van der Waals surface area contributed by atoms with Gasteiger partial charge in [0.2, 0.25) is 0 Å². The van der Waals surface area contributed by atoms with Gasteiger partial charge in [-0.1, -0.05) is 31.5 Å². The fourth-order valence-corrected chi connectivity index (χ4v) is 2.98. The number of unbranched alkanes of at least 4 members (excludes halogenated alkanes) is 1. The van der Waals surface area contributed by atoms with E-state index in [0.29, 0.717) is 6.04 Å². The van der Waals surface area contributed by atoms with Crippen molar-refractivity contribution in [2.75, 3.05) is 12.3 Å². The molecule has 0 heterocycles. The standard InChI is InChI=1S/C16H27NS/c1-4-12-17-15(3)10-7-8-13-18-16-11-6-5-9-14(16)2/h5-6,9,11,15,17H,4,7-8,10,12-13H2,1-3H3. The molecule has 0 amide bonds. The minimum Gasteiger partial charge on any atom is -0.314 e. The molecule has 0 spiro atoms. The van der Waals surface area contributed by atoms with Crippen LogP contribution in [0.3, 0.4) is 0 Å². The second kappa shape index (κ2) is 9.46. The summed E-state index contributed by atoms with van der Waals surface area (Å²) in [5, 5.41) is 3.54. The Labute approximate surface area is 117 Å². The van der Waals surface area contributed by atoms with E-state index >= 15 is 0 Å². The Bertz CT molecular complexity index is 325. The number of hydrogen-bond acceptors (Lipinski definition) is 2. The van der Waals surface area contributed by atoms with Crippen molar-refractivity contribution in [3.05, 3.63) is 29.8 Å². The molecule has 1 N–H and O–H groups in total. The van der Waals surface area contributed by atoms with Crippen molar-refractivity contribution in [3.63, 3.8) is 0 Å². The molecular formula is C16H27NS. The lowest BCUT2D eigenvalue weighted by Gasteiger charge is -2.12. The van der Waals surface area contributed by atoms with E-state index in [1.54, 1.807) is 0 Å². The summed E-state index contributed by atoms with van der Waals surface area (Å²) in [6.45, 7) is 7.86. The van der Waals surface area contributed by atoms with E-state index in [4.69, 9.17) is 0 Å². The van der Waals surface area contributed by atoms with Gasteiger partial charge in [-0.05, 0) is 57.0 Å². The molecule has 0 aromatic heterocycles. The molecule has 18 heavy (non-hydrogen) atoms. The van der Waals surface area contributed by atoms with Gasteiger partial charge < -0.3 is 5.32 Å². The Morgan fingerprint density at radius 1 is 1.22 bits per heavy atom. The smallest absolute Gasteiger partial charge is 0.0101 e. The summed E-state index contributed by atoms with van der Waals surface area (Å²) in [5.74, 6) is 1.24. The maximum Gasteiger partial charge on any atom is 0.0101 e. The first-order chi connectivity index (χ1) is 8.74. The van der Waals surface area contributed by atoms with Gasteiger partial charge in [0.25, 0.3) is 0 Å². The van der Waals surface area contributed by atoms with Crippen LogP contribution >= 0.6 is 11.8 Å². The first-order valence-corrected chi connectivity index (χ1v) is 8.14. The average Bonchev–Trinajstić information content (AvgIpc) is 2.38. The number of hydrogen-bond donors (Lipinski definition) is 1. The van der Waals surface area contributed by atoms with Crippen molar-refractivity contribution >= 4 is 11.8 Å². The van der Waals surface area contributed by atoms with Crippen LogP contribution in [0.15, 0.2) is 29.2 Å². The van der Waals surface area contributed by atoms with Crippen LogP contribution in [0.2, 0.25) is 0 Å². The molecule has 0 aliphatic heterocycles. The molecule has 1 unspecified atom stereocenters. The van der Waals surface area contributed by atoms with Crippen LogP contribution in [0.1, 0.15) is 45.1 Å².